The van der Waals surface area contributed by atoms with E-state index in [4.69, 9.17) is 9.26 Å². The van der Waals surface area contributed by atoms with Crippen molar-refractivity contribution in [1.82, 2.24) is 15.5 Å². The van der Waals surface area contributed by atoms with Crippen molar-refractivity contribution in [3.05, 3.63) is 11.7 Å². The lowest BCUT2D eigenvalue weighted by molar-refractivity contribution is -0.145. The number of rotatable bonds is 7. The molecule has 1 aromatic rings. The zero-order valence-corrected chi connectivity index (χ0v) is 14.3. The molecule has 1 saturated heterocycles. The van der Waals surface area contributed by atoms with E-state index in [1.165, 1.54) is 12.8 Å². The van der Waals surface area contributed by atoms with Crippen LogP contribution in [0.5, 0.6) is 0 Å². The lowest BCUT2D eigenvalue weighted by atomic mass is 9.93. The summed E-state index contributed by atoms with van der Waals surface area (Å²) >= 11 is 0. The average Bonchev–Trinajstić information content (AvgIpc) is 3.29. The first kappa shape index (κ1) is 17.8. The van der Waals surface area contributed by atoms with E-state index in [-0.39, 0.29) is 18.2 Å². The highest BCUT2D eigenvalue weighted by Gasteiger charge is 2.31. The van der Waals surface area contributed by atoms with Crippen LogP contribution in [0.4, 0.5) is 0 Å². The van der Waals surface area contributed by atoms with E-state index >= 15 is 0 Å². The normalized spacial score (nSPS) is 22.6. The molecule has 1 amide bonds. The highest BCUT2D eigenvalue weighted by Crippen LogP contribution is 2.32. The van der Waals surface area contributed by atoms with Gasteiger partial charge >= 0.3 is 5.97 Å². The second kappa shape index (κ2) is 8.42. The minimum absolute atomic E-state index is 0.129. The summed E-state index contributed by atoms with van der Waals surface area (Å²) in [4.78, 5) is 28.0. The van der Waals surface area contributed by atoms with Crippen LogP contribution in [0.1, 0.15) is 62.6 Å². The van der Waals surface area contributed by atoms with E-state index in [9.17, 15) is 14.7 Å². The lowest BCUT2D eigenvalue weighted by Crippen LogP contribution is -2.48. The van der Waals surface area contributed by atoms with Crippen LogP contribution >= 0.6 is 0 Å². The van der Waals surface area contributed by atoms with Crippen molar-refractivity contribution in [2.24, 2.45) is 5.92 Å². The van der Waals surface area contributed by atoms with Crippen molar-refractivity contribution in [2.75, 3.05) is 13.2 Å². The van der Waals surface area contributed by atoms with Gasteiger partial charge < -0.3 is 19.7 Å². The Morgan fingerprint density at radius 2 is 2.04 bits per heavy atom. The van der Waals surface area contributed by atoms with Crippen molar-refractivity contribution >= 4 is 11.9 Å². The van der Waals surface area contributed by atoms with Crippen LogP contribution in [-0.2, 0) is 20.7 Å². The van der Waals surface area contributed by atoms with E-state index < -0.39 is 12.0 Å². The summed E-state index contributed by atoms with van der Waals surface area (Å²) in [7, 11) is 0. The fourth-order valence-electron chi connectivity index (χ4n) is 3.60. The predicted octanol–water partition coefficient (Wildman–Crippen LogP) is 1.66. The van der Waals surface area contributed by atoms with Gasteiger partial charge in [-0.3, -0.25) is 4.79 Å². The number of hydrogen-bond donors (Lipinski definition) is 2. The van der Waals surface area contributed by atoms with Crippen molar-refractivity contribution in [3.63, 3.8) is 0 Å². The monoisotopic (exact) mass is 351 g/mol. The van der Waals surface area contributed by atoms with Gasteiger partial charge in [0.2, 0.25) is 11.8 Å². The largest absolute Gasteiger partial charge is 0.480 e. The van der Waals surface area contributed by atoms with Crippen LogP contribution in [-0.4, -0.2) is 46.4 Å². The van der Waals surface area contributed by atoms with Crippen LogP contribution in [0.2, 0.25) is 0 Å². The van der Waals surface area contributed by atoms with Gasteiger partial charge in [-0.25, -0.2) is 4.79 Å². The molecule has 25 heavy (non-hydrogen) atoms. The van der Waals surface area contributed by atoms with Crippen molar-refractivity contribution < 1.29 is 24.0 Å². The molecule has 2 heterocycles. The first-order chi connectivity index (χ1) is 12.1. The number of carbonyl (C=O) groups excluding carboxylic acids is 1. The van der Waals surface area contributed by atoms with Crippen molar-refractivity contribution in [2.45, 2.75) is 63.3 Å². The van der Waals surface area contributed by atoms with Gasteiger partial charge in [0.05, 0.1) is 6.61 Å². The summed E-state index contributed by atoms with van der Waals surface area (Å²) < 4.78 is 10.5. The molecule has 2 unspecified atom stereocenters. The second-order valence-corrected chi connectivity index (χ2v) is 6.89. The summed E-state index contributed by atoms with van der Waals surface area (Å²) in [5.41, 5.74) is 0. The minimum Gasteiger partial charge on any atom is -0.480 e. The Bertz CT molecular complexity index is 591. The average molecular weight is 351 g/mol. The zero-order valence-electron chi connectivity index (χ0n) is 14.3. The molecule has 3 rings (SSSR count). The number of nitrogens with zero attached hydrogens (tertiary/aromatic N) is 2. The molecule has 2 atom stereocenters. The van der Waals surface area contributed by atoms with Crippen LogP contribution in [0, 0.1) is 5.92 Å². The molecule has 0 bridgehead atoms. The molecule has 8 nitrogen and oxygen atoms in total. The molecule has 1 aliphatic carbocycles. The Morgan fingerprint density at radius 3 is 2.72 bits per heavy atom. The number of hydrogen-bond acceptors (Lipinski definition) is 6. The topological polar surface area (TPSA) is 115 Å². The van der Waals surface area contributed by atoms with Crippen molar-refractivity contribution in [1.29, 1.82) is 0 Å². The zero-order chi connectivity index (χ0) is 17.6. The number of aliphatic carboxylic acids is 1. The second-order valence-electron chi connectivity index (χ2n) is 6.89. The fraction of sp³-hybridized carbons (Fsp3) is 0.765. The fourth-order valence-corrected chi connectivity index (χ4v) is 3.60. The SMILES string of the molecule is O=C(CCc1nc(C2CCCC2)no1)NC(C(=O)O)C1CCCOC1. The van der Waals surface area contributed by atoms with Crippen LogP contribution in [0.15, 0.2) is 4.52 Å². The quantitative estimate of drug-likeness (QED) is 0.767. The van der Waals surface area contributed by atoms with E-state index in [0.717, 1.165) is 31.5 Å². The third kappa shape index (κ3) is 4.78. The number of aromatic nitrogens is 2. The van der Waals surface area contributed by atoms with E-state index in [0.29, 0.717) is 31.4 Å². The molecule has 0 spiro atoms. The molecule has 1 saturated carbocycles. The third-order valence-electron chi connectivity index (χ3n) is 5.02. The van der Waals surface area contributed by atoms with E-state index in [1.807, 2.05) is 0 Å². The highest BCUT2D eigenvalue weighted by atomic mass is 16.5. The summed E-state index contributed by atoms with van der Waals surface area (Å²) in [5, 5.41) is 16.0. The highest BCUT2D eigenvalue weighted by molar-refractivity contribution is 5.83. The molecular weight excluding hydrogens is 326 g/mol. The van der Waals surface area contributed by atoms with Gasteiger partial charge in [-0.1, -0.05) is 18.0 Å². The molecule has 2 aliphatic rings. The van der Waals surface area contributed by atoms with Gasteiger partial charge in [0.25, 0.3) is 0 Å². The van der Waals surface area contributed by atoms with Crippen LogP contribution in [0.3, 0.4) is 0 Å². The maximum Gasteiger partial charge on any atom is 0.326 e. The minimum atomic E-state index is -1.02. The standard InChI is InChI=1S/C17H25N3O5/c21-13(18-15(17(22)23)12-6-3-9-24-10-12)7-8-14-19-16(20-25-14)11-4-1-2-5-11/h11-12,15H,1-10H2,(H,18,21)(H,22,23). The van der Waals surface area contributed by atoms with E-state index in [1.54, 1.807) is 0 Å². The number of ether oxygens (including phenoxy) is 1. The Kier molecular flexibility index (Phi) is 6.01. The molecule has 8 heteroatoms. The molecular formula is C17H25N3O5. The lowest BCUT2D eigenvalue weighted by Gasteiger charge is -2.28. The Morgan fingerprint density at radius 1 is 1.24 bits per heavy atom. The Balaban J connectivity index is 1.48. The number of carboxylic acid groups (broad SMARTS) is 1. The van der Waals surface area contributed by atoms with Crippen LogP contribution < -0.4 is 5.32 Å². The Labute approximate surface area is 146 Å². The summed E-state index contributed by atoms with van der Waals surface area (Å²) in [6, 6.07) is -0.912. The number of carbonyl (C=O) groups is 2. The Hall–Kier alpha value is -1.96. The molecule has 1 aromatic heterocycles. The van der Waals surface area contributed by atoms with Gasteiger partial charge in [0, 0.05) is 31.3 Å². The third-order valence-corrected chi connectivity index (χ3v) is 5.02. The van der Waals surface area contributed by atoms with Crippen molar-refractivity contribution in [3.8, 4) is 0 Å². The number of carboxylic acids is 1. The maximum absolute atomic E-state index is 12.1. The van der Waals surface area contributed by atoms with Gasteiger partial charge in [0.1, 0.15) is 6.04 Å². The van der Waals surface area contributed by atoms with Crippen LogP contribution in [0.25, 0.3) is 0 Å². The molecule has 0 aromatic carbocycles. The molecule has 2 N–H and O–H groups in total. The number of amides is 1. The predicted molar refractivity (Wildman–Crippen MR) is 86.9 cm³/mol. The number of nitrogens with one attached hydrogen (secondary N) is 1. The van der Waals surface area contributed by atoms with Gasteiger partial charge in [-0.15, -0.1) is 0 Å². The smallest absolute Gasteiger partial charge is 0.326 e. The van der Waals surface area contributed by atoms with E-state index in [2.05, 4.69) is 15.5 Å². The van der Waals surface area contributed by atoms with Gasteiger partial charge in [0.15, 0.2) is 5.82 Å². The summed E-state index contributed by atoms with van der Waals surface area (Å²) in [6.07, 6.45) is 6.56. The number of aryl methyl sites for hydroxylation is 1. The van der Waals surface area contributed by atoms with Gasteiger partial charge in [-0.2, -0.15) is 4.98 Å². The van der Waals surface area contributed by atoms with Gasteiger partial charge in [-0.05, 0) is 25.7 Å². The summed E-state index contributed by atoms with van der Waals surface area (Å²) in [6.45, 7) is 1.02. The first-order valence-electron chi connectivity index (χ1n) is 9.06. The molecule has 1 aliphatic heterocycles. The maximum atomic E-state index is 12.1. The molecule has 0 radical (unpaired) electrons. The molecule has 138 valence electrons. The molecule has 2 fully saturated rings. The first-order valence-corrected chi connectivity index (χ1v) is 9.06. The summed E-state index contributed by atoms with van der Waals surface area (Å²) in [5.74, 6) is 0.00550.